The van der Waals surface area contributed by atoms with Gasteiger partial charge >= 0.3 is 12.1 Å². The molecule has 0 aromatic heterocycles. The first-order valence-corrected chi connectivity index (χ1v) is 14.1. The first-order chi connectivity index (χ1) is 18.3. The Hall–Kier alpha value is -3.10. The molecule has 1 aromatic carbocycles. The molecule has 1 rings (SSSR count). The molecule has 9 heteroatoms. The van der Waals surface area contributed by atoms with E-state index >= 15 is 0 Å². The van der Waals surface area contributed by atoms with E-state index in [9.17, 15) is 19.2 Å². The molecule has 220 valence electrons. The normalized spacial score (nSPS) is 12.8. The quantitative estimate of drug-likeness (QED) is 0.301. The molecule has 0 saturated heterocycles. The Morgan fingerprint density at radius 2 is 1.64 bits per heavy atom. The van der Waals surface area contributed by atoms with E-state index in [-0.39, 0.29) is 31.4 Å². The molecule has 0 aliphatic rings. The second kappa shape index (κ2) is 16.8. The fourth-order valence-corrected chi connectivity index (χ4v) is 4.06. The first-order valence-electron chi connectivity index (χ1n) is 14.1. The minimum atomic E-state index is -0.938. The van der Waals surface area contributed by atoms with Gasteiger partial charge in [-0.25, -0.2) is 4.79 Å². The van der Waals surface area contributed by atoms with Gasteiger partial charge in [-0.05, 0) is 64.0 Å². The molecular weight excluding hydrogens is 498 g/mol. The number of hydrogen-bond donors (Lipinski definition) is 2. The van der Waals surface area contributed by atoms with Crippen LogP contribution in [0.2, 0.25) is 0 Å². The second-order valence-corrected chi connectivity index (χ2v) is 11.1. The number of aryl methyl sites for hydroxylation is 1. The Morgan fingerprint density at radius 3 is 2.15 bits per heavy atom. The molecule has 0 fully saturated rings. The van der Waals surface area contributed by atoms with E-state index in [1.54, 1.807) is 32.6 Å². The van der Waals surface area contributed by atoms with Gasteiger partial charge in [0, 0.05) is 13.1 Å². The van der Waals surface area contributed by atoms with Crippen LogP contribution >= 0.6 is 0 Å². The van der Waals surface area contributed by atoms with Crippen molar-refractivity contribution in [1.29, 1.82) is 0 Å². The van der Waals surface area contributed by atoms with Crippen LogP contribution in [-0.2, 0) is 30.3 Å². The number of carbonyl (C=O) groups is 4. The van der Waals surface area contributed by atoms with Gasteiger partial charge in [-0.1, -0.05) is 58.4 Å². The number of carbonyl (C=O) groups excluding carboxylic acids is 4. The molecule has 1 aromatic rings. The Balaban J connectivity index is 3.41. The van der Waals surface area contributed by atoms with E-state index in [0.29, 0.717) is 24.9 Å². The zero-order valence-electron chi connectivity index (χ0n) is 25.1. The highest BCUT2D eigenvalue weighted by atomic mass is 16.6. The van der Waals surface area contributed by atoms with Crippen LogP contribution in [0.3, 0.4) is 0 Å². The third kappa shape index (κ3) is 12.5. The number of esters is 1. The molecule has 0 spiro atoms. The molecule has 9 nitrogen and oxygen atoms in total. The predicted molar refractivity (Wildman–Crippen MR) is 152 cm³/mol. The largest absolute Gasteiger partial charge is 0.466 e. The lowest BCUT2D eigenvalue weighted by Crippen LogP contribution is -2.53. The highest BCUT2D eigenvalue weighted by Gasteiger charge is 2.36. The molecular formula is C30H49N3O6. The molecule has 0 saturated carbocycles. The lowest BCUT2D eigenvalue weighted by atomic mass is 9.98. The van der Waals surface area contributed by atoms with Crippen molar-refractivity contribution in [3.05, 3.63) is 35.4 Å². The molecule has 39 heavy (non-hydrogen) atoms. The van der Waals surface area contributed by atoms with E-state index in [0.717, 1.165) is 18.4 Å². The Kier molecular flexibility index (Phi) is 14.6. The van der Waals surface area contributed by atoms with Gasteiger partial charge in [-0.15, -0.1) is 0 Å². The summed E-state index contributed by atoms with van der Waals surface area (Å²) in [5.41, 5.74) is 1.04. The van der Waals surface area contributed by atoms with Crippen LogP contribution in [0.1, 0.15) is 98.2 Å². The Labute approximate surface area is 234 Å². The third-order valence-corrected chi connectivity index (χ3v) is 5.93. The van der Waals surface area contributed by atoms with Crippen molar-refractivity contribution in [2.75, 3.05) is 19.7 Å². The summed E-state index contributed by atoms with van der Waals surface area (Å²) in [4.78, 5) is 53.8. The van der Waals surface area contributed by atoms with Gasteiger partial charge in [-0.2, -0.15) is 0 Å². The van der Waals surface area contributed by atoms with E-state index in [1.807, 2.05) is 52.0 Å². The predicted octanol–water partition coefficient (Wildman–Crippen LogP) is 4.93. The number of nitrogens with zero attached hydrogens (tertiary/aromatic N) is 1. The van der Waals surface area contributed by atoms with Crippen LogP contribution in [0.25, 0.3) is 0 Å². The van der Waals surface area contributed by atoms with Crippen molar-refractivity contribution in [2.45, 2.75) is 105 Å². The summed E-state index contributed by atoms with van der Waals surface area (Å²) < 4.78 is 10.4. The van der Waals surface area contributed by atoms with E-state index in [1.165, 1.54) is 0 Å². The molecule has 0 bridgehead atoms. The number of hydrogen-bond acceptors (Lipinski definition) is 6. The summed E-state index contributed by atoms with van der Waals surface area (Å²) in [6.45, 7) is 15.7. The summed E-state index contributed by atoms with van der Waals surface area (Å²) in [6, 6.07) is 5.80. The standard InChI is InChI=1S/C30H49N3O6/c1-9-12-19-33(28(36)24(20-21(4)5)32-29(37)39-30(6,7)8)26(23-15-13-22(10-2)14-16-23)27(35)31-18-17-25(34)38-11-3/h13-16,21,24,26H,9-12,17-20H2,1-8H3,(H,31,35)(H,32,37). The summed E-state index contributed by atoms with van der Waals surface area (Å²) in [5, 5.41) is 5.57. The van der Waals surface area contributed by atoms with Crippen molar-refractivity contribution in [2.24, 2.45) is 5.92 Å². The van der Waals surface area contributed by atoms with Crippen LogP contribution in [0.4, 0.5) is 4.79 Å². The summed E-state index contributed by atoms with van der Waals surface area (Å²) in [7, 11) is 0. The summed E-state index contributed by atoms with van der Waals surface area (Å²) in [5.74, 6) is -1.05. The molecule has 0 heterocycles. The van der Waals surface area contributed by atoms with Crippen LogP contribution in [0.15, 0.2) is 24.3 Å². The van der Waals surface area contributed by atoms with Crippen LogP contribution in [0.5, 0.6) is 0 Å². The highest BCUT2D eigenvalue weighted by molar-refractivity contribution is 5.92. The second-order valence-electron chi connectivity index (χ2n) is 11.1. The number of nitrogens with one attached hydrogen (secondary N) is 2. The lowest BCUT2D eigenvalue weighted by molar-refractivity contribution is -0.144. The van der Waals surface area contributed by atoms with E-state index in [2.05, 4.69) is 10.6 Å². The van der Waals surface area contributed by atoms with Crippen molar-refractivity contribution in [3.8, 4) is 0 Å². The molecule has 2 unspecified atom stereocenters. The number of unbranched alkanes of at least 4 members (excludes halogenated alkanes) is 1. The monoisotopic (exact) mass is 547 g/mol. The highest BCUT2D eigenvalue weighted by Crippen LogP contribution is 2.25. The maximum Gasteiger partial charge on any atom is 0.408 e. The Bertz CT molecular complexity index is 924. The number of amides is 3. The van der Waals surface area contributed by atoms with Gasteiger partial charge in [-0.3, -0.25) is 14.4 Å². The molecule has 2 N–H and O–H groups in total. The van der Waals surface area contributed by atoms with E-state index in [4.69, 9.17) is 9.47 Å². The average Bonchev–Trinajstić information content (AvgIpc) is 2.84. The van der Waals surface area contributed by atoms with Gasteiger partial charge in [0.05, 0.1) is 13.0 Å². The molecule has 0 aliphatic carbocycles. The molecule has 3 amide bonds. The number of alkyl carbamates (subject to hydrolysis) is 1. The molecule has 0 aliphatic heterocycles. The van der Waals surface area contributed by atoms with Crippen molar-refractivity contribution in [3.63, 3.8) is 0 Å². The number of ether oxygens (including phenoxy) is 2. The van der Waals surface area contributed by atoms with Crippen LogP contribution in [-0.4, -0.2) is 60.1 Å². The molecule has 2 atom stereocenters. The van der Waals surface area contributed by atoms with Crippen molar-refractivity contribution in [1.82, 2.24) is 15.5 Å². The van der Waals surface area contributed by atoms with Gasteiger partial charge in [0.2, 0.25) is 11.8 Å². The SMILES string of the molecule is CCCCN(C(=O)C(CC(C)C)NC(=O)OC(C)(C)C)C(C(=O)NCCC(=O)OCC)c1ccc(CC)cc1. The maximum absolute atomic E-state index is 14.1. The average molecular weight is 548 g/mol. The van der Waals surface area contributed by atoms with Crippen LogP contribution in [0, 0.1) is 5.92 Å². The van der Waals surface area contributed by atoms with Gasteiger partial charge < -0.3 is 25.0 Å². The third-order valence-electron chi connectivity index (χ3n) is 5.93. The zero-order valence-corrected chi connectivity index (χ0v) is 25.1. The molecule has 0 radical (unpaired) electrons. The van der Waals surface area contributed by atoms with Crippen molar-refractivity contribution >= 4 is 23.9 Å². The maximum atomic E-state index is 14.1. The number of benzene rings is 1. The first kappa shape index (κ1) is 33.9. The fourth-order valence-electron chi connectivity index (χ4n) is 4.06. The minimum absolute atomic E-state index is 0.0279. The topological polar surface area (TPSA) is 114 Å². The van der Waals surface area contributed by atoms with Crippen molar-refractivity contribution < 1.29 is 28.7 Å². The van der Waals surface area contributed by atoms with Gasteiger partial charge in [0.1, 0.15) is 17.7 Å². The zero-order chi connectivity index (χ0) is 29.6. The summed E-state index contributed by atoms with van der Waals surface area (Å²) in [6.07, 6.45) is 2.05. The fraction of sp³-hybridized carbons (Fsp3) is 0.667. The van der Waals surface area contributed by atoms with E-state index < -0.39 is 35.7 Å². The van der Waals surface area contributed by atoms with Gasteiger partial charge in [0.15, 0.2) is 0 Å². The van der Waals surface area contributed by atoms with Gasteiger partial charge in [0.25, 0.3) is 0 Å². The lowest BCUT2D eigenvalue weighted by Gasteiger charge is -2.35. The number of rotatable bonds is 15. The van der Waals surface area contributed by atoms with Crippen LogP contribution < -0.4 is 10.6 Å². The minimum Gasteiger partial charge on any atom is -0.466 e. The smallest absolute Gasteiger partial charge is 0.408 e. The Morgan fingerprint density at radius 1 is 1.00 bits per heavy atom. The summed E-state index contributed by atoms with van der Waals surface area (Å²) >= 11 is 0.